The van der Waals surface area contributed by atoms with Crippen molar-refractivity contribution >= 4 is 47.6 Å². The van der Waals surface area contributed by atoms with Crippen molar-refractivity contribution in [2.45, 2.75) is 46.1 Å². The standard InChI is InChI=1S/C21H33N5O3.HI/c1-4-16-8-7-9-18(14-16)24-19(27)15-23-20(22-5-2)25-17-10-12-26(13-11-17)21(28)29-6-3;/h7-9,14,17H,4-6,10-13,15H2,1-3H3,(H,24,27)(H2,22,23,25);1H. The summed E-state index contributed by atoms with van der Waals surface area (Å²) in [6.45, 7) is 8.28. The number of benzene rings is 1. The number of hydrogen-bond donors (Lipinski definition) is 3. The van der Waals surface area contributed by atoms with E-state index in [1.165, 1.54) is 5.56 Å². The van der Waals surface area contributed by atoms with E-state index in [0.29, 0.717) is 32.2 Å². The molecule has 0 radical (unpaired) electrons. The third kappa shape index (κ3) is 8.76. The Hall–Kier alpha value is -2.04. The summed E-state index contributed by atoms with van der Waals surface area (Å²) < 4.78 is 5.05. The Bertz CT molecular complexity index is 706. The molecule has 0 aliphatic carbocycles. The van der Waals surface area contributed by atoms with Crippen LogP contribution in [-0.2, 0) is 16.0 Å². The maximum atomic E-state index is 12.3. The van der Waals surface area contributed by atoms with Gasteiger partial charge in [-0.3, -0.25) is 4.79 Å². The number of amides is 2. The molecule has 2 rings (SSSR count). The van der Waals surface area contributed by atoms with Crippen molar-refractivity contribution in [3.63, 3.8) is 0 Å². The van der Waals surface area contributed by atoms with Gasteiger partial charge in [-0.05, 0) is 50.8 Å². The van der Waals surface area contributed by atoms with Gasteiger partial charge in [-0.1, -0.05) is 19.1 Å². The Morgan fingerprint density at radius 2 is 1.93 bits per heavy atom. The van der Waals surface area contributed by atoms with E-state index in [9.17, 15) is 9.59 Å². The van der Waals surface area contributed by atoms with Crippen LogP contribution < -0.4 is 16.0 Å². The number of carbonyl (C=O) groups excluding carboxylic acids is 2. The summed E-state index contributed by atoms with van der Waals surface area (Å²) in [6, 6.07) is 8.02. The van der Waals surface area contributed by atoms with E-state index in [1.807, 2.05) is 38.1 Å². The van der Waals surface area contributed by atoms with Gasteiger partial charge >= 0.3 is 6.09 Å². The first kappa shape index (κ1) is 26.0. The Kier molecular flexibility index (Phi) is 12.2. The molecule has 0 saturated carbocycles. The van der Waals surface area contributed by atoms with Gasteiger partial charge in [0, 0.05) is 31.4 Å². The largest absolute Gasteiger partial charge is 0.450 e. The smallest absolute Gasteiger partial charge is 0.409 e. The minimum Gasteiger partial charge on any atom is -0.450 e. The number of rotatable bonds is 7. The minimum atomic E-state index is -0.254. The Balaban J connectivity index is 0.00000450. The van der Waals surface area contributed by atoms with Crippen molar-refractivity contribution in [3.05, 3.63) is 29.8 Å². The van der Waals surface area contributed by atoms with E-state index in [2.05, 4.69) is 27.9 Å². The Morgan fingerprint density at radius 3 is 2.57 bits per heavy atom. The van der Waals surface area contributed by atoms with Gasteiger partial charge in [0.1, 0.15) is 6.54 Å². The lowest BCUT2D eigenvalue weighted by Crippen LogP contribution is -2.50. The quantitative estimate of drug-likeness (QED) is 0.286. The average molecular weight is 531 g/mol. The molecule has 1 aliphatic heterocycles. The fraction of sp³-hybridized carbons (Fsp3) is 0.571. The van der Waals surface area contributed by atoms with Gasteiger partial charge in [0.25, 0.3) is 0 Å². The summed E-state index contributed by atoms with van der Waals surface area (Å²) in [5, 5.41) is 9.43. The summed E-state index contributed by atoms with van der Waals surface area (Å²) in [7, 11) is 0. The van der Waals surface area contributed by atoms with Gasteiger partial charge in [0.05, 0.1) is 6.61 Å². The van der Waals surface area contributed by atoms with Crippen LogP contribution in [0.2, 0.25) is 0 Å². The molecule has 0 bridgehead atoms. The first-order chi connectivity index (χ1) is 14.0. The van der Waals surface area contributed by atoms with Crippen LogP contribution in [0.5, 0.6) is 0 Å². The molecule has 1 heterocycles. The summed E-state index contributed by atoms with van der Waals surface area (Å²) in [4.78, 5) is 30.2. The van der Waals surface area contributed by atoms with Gasteiger partial charge in [0.15, 0.2) is 5.96 Å². The van der Waals surface area contributed by atoms with Gasteiger partial charge in [-0.25, -0.2) is 9.79 Å². The second-order valence-corrected chi connectivity index (χ2v) is 6.90. The number of hydrogen-bond acceptors (Lipinski definition) is 4. The average Bonchev–Trinajstić information content (AvgIpc) is 2.73. The maximum Gasteiger partial charge on any atom is 0.409 e. The monoisotopic (exact) mass is 531 g/mol. The number of guanidine groups is 1. The highest BCUT2D eigenvalue weighted by atomic mass is 127. The lowest BCUT2D eigenvalue weighted by molar-refractivity contribution is -0.114. The zero-order valence-corrected chi connectivity index (χ0v) is 20.4. The van der Waals surface area contributed by atoms with Crippen LogP contribution in [0.4, 0.5) is 10.5 Å². The molecule has 168 valence electrons. The number of aliphatic imine (C=N–C) groups is 1. The third-order valence-corrected chi connectivity index (χ3v) is 4.71. The van der Waals surface area contributed by atoms with Crippen LogP contribution in [0.25, 0.3) is 0 Å². The van der Waals surface area contributed by atoms with Crippen molar-refractivity contribution in [1.29, 1.82) is 0 Å². The Labute approximate surface area is 196 Å². The lowest BCUT2D eigenvalue weighted by atomic mass is 10.1. The third-order valence-electron chi connectivity index (χ3n) is 4.71. The van der Waals surface area contributed by atoms with Crippen LogP contribution in [0.15, 0.2) is 29.3 Å². The second-order valence-electron chi connectivity index (χ2n) is 6.90. The molecule has 2 amide bonds. The van der Waals surface area contributed by atoms with Gasteiger partial charge in [-0.2, -0.15) is 0 Å². The molecular weight excluding hydrogens is 497 g/mol. The molecular formula is C21H34IN5O3. The number of carbonyl (C=O) groups is 2. The number of nitrogens with zero attached hydrogens (tertiary/aromatic N) is 2. The van der Waals surface area contributed by atoms with E-state index in [4.69, 9.17) is 4.74 Å². The van der Waals surface area contributed by atoms with Crippen molar-refractivity contribution in [2.75, 3.05) is 38.1 Å². The topological polar surface area (TPSA) is 95.1 Å². The highest BCUT2D eigenvalue weighted by Crippen LogP contribution is 2.12. The fourth-order valence-corrected chi connectivity index (χ4v) is 3.15. The van der Waals surface area contributed by atoms with Crippen LogP contribution >= 0.6 is 24.0 Å². The molecule has 1 aromatic rings. The van der Waals surface area contributed by atoms with Crippen molar-refractivity contribution in [3.8, 4) is 0 Å². The van der Waals surface area contributed by atoms with Crippen LogP contribution in [0.3, 0.4) is 0 Å². The molecule has 0 atom stereocenters. The number of halogens is 1. The van der Waals surface area contributed by atoms with Crippen LogP contribution in [-0.4, -0.2) is 61.7 Å². The highest BCUT2D eigenvalue weighted by molar-refractivity contribution is 14.0. The van der Waals surface area contributed by atoms with Crippen molar-refractivity contribution in [1.82, 2.24) is 15.5 Å². The van der Waals surface area contributed by atoms with Crippen molar-refractivity contribution < 1.29 is 14.3 Å². The number of nitrogens with one attached hydrogen (secondary N) is 3. The second kappa shape index (κ2) is 14.1. The number of likely N-dealkylation sites (tertiary alicyclic amines) is 1. The molecule has 3 N–H and O–H groups in total. The summed E-state index contributed by atoms with van der Waals surface area (Å²) in [5.41, 5.74) is 1.96. The predicted molar refractivity (Wildman–Crippen MR) is 131 cm³/mol. The number of ether oxygens (including phenoxy) is 1. The van der Waals surface area contributed by atoms with E-state index in [1.54, 1.807) is 4.90 Å². The molecule has 0 unspecified atom stereocenters. The van der Waals surface area contributed by atoms with E-state index < -0.39 is 0 Å². The molecule has 0 spiro atoms. The number of piperidine rings is 1. The lowest BCUT2D eigenvalue weighted by Gasteiger charge is -2.32. The normalized spacial score (nSPS) is 14.5. The zero-order chi connectivity index (χ0) is 21.1. The van der Waals surface area contributed by atoms with Crippen molar-refractivity contribution in [2.24, 2.45) is 4.99 Å². The minimum absolute atomic E-state index is 0. The number of aryl methyl sites for hydroxylation is 1. The zero-order valence-electron chi connectivity index (χ0n) is 18.1. The van der Waals surface area contributed by atoms with Gasteiger partial charge < -0.3 is 25.6 Å². The van der Waals surface area contributed by atoms with Gasteiger partial charge in [-0.15, -0.1) is 24.0 Å². The summed E-state index contributed by atoms with van der Waals surface area (Å²) in [5.74, 6) is 0.451. The highest BCUT2D eigenvalue weighted by Gasteiger charge is 2.24. The van der Waals surface area contributed by atoms with Crippen LogP contribution in [0, 0.1) is 0 Å². The first-order valence-corrected chi connectivity index (χ1v) is 10.4. The molecule has 1 fully saturated rings. The molecule has 1 saturated heterocycles. The van der Waals surface area contributed by atoms with Gasteiger partial charge in [0.2, 0.25) is 5.91 Å². The predicted octanol–water partition coefficient (Wildman–Crippen LogP) is 2.98. The Morgan fingerprint density at radius 1 is 1.20 bits per heavy atom. The van der Waals surface area contributed by atoms with E-state index in [-0.39, 0.29) is 48.6 Å². The maximum absolute atomic E-state index is 12.3. The summed E-state index contributed by atoms with van der Waals surface area (Å²) in [6.07, 6.45) is 2.28. The molecule has 9 heteroatoms. The van der Waals surface area contributed by atoms with E-state index in [0.717, 1.165) is 24.9 Å². The fourth-order valence-electron chi connectivity index (χ4n) is 3.15. The summed E-state index contributed by atoms with van der Waals surface area (Å²) >= 11 is 0. The molecule has 30 heavy (non-hydrogen) atoms. The SMILES string of the molecule is CCNC(=NCC(=O)Nc1cccc(CC)c1)NC1CCN(C(=O)OCC)CC1.I. The molecule has 0 aromatic heterocycles. The number of anilines is 1. The van der Waals surface area contributed by atoms with E-state index >= 15 is 0 Å². The first-order valence-electron chi connectivity index (χ1n) is 10.4. The molecule has 8 nitrogen and oxygen atoms in total. The molecule has 1 aliphatic rings. The van der Waals surface area contributed by atoms with Crippen LogP contribution in [0.1, 0.15) is 39.2 Å². The molecule has 1 aromatic carbocycles.